The molecule has 2 aromatic heterocycles. The fourth-order valence-corrected chi connectivity index (χ4v) is 1.80. The molecule has 1 aromatic carbocycles. The van der Waals surface area contributed by atoms with Crippen LogP contribution in [0.3, 0.4) is 0 Å². The fourth-order valence-electron chi connectivity index (χ4n) is 1.80. The number of benzene rings is 1. The molecule has 0 atom stereocenters. The minimum Gasteiger partial charge on any atom is -0.476 e. The standard InChI is InChI=1S/C13H9N3O3/c17-13(18)10-6-11(19-16-10)9-7-14-15-12(9)8-4-2-1-3-5-8/h1-7H,(H,14,15)(H,17,18). The Kier molecular flexibility index (Phi) is 2.60. The summed E-state index contributed by atoms with van der Waals surface area (Å²) in [6.45, 7) is 0. The van der Waals surface area contributed by atoms with Crippen LogP contribution in [0.4, 0.5) is 0 Å². The van der Waals surface area contributed by atoms with Gasteiger partial charge in [-0.1, -0.05) is 35.5 Å². The van der Waals surface area contributed by atoms with Gasteiger partial charge in [-0.15, -0.1) is 0 Å². The van der Waals surface area contributed by atoms with E-state index in [-0.39, 0.29) is 5.69 Å². The van der Waals surface area contributed by atoms with Crippen LogP contribution in [0.2, 0.25) is 0 Å². The highest BCUT2D eigenvalue weighted by Gasteiger charge is 2.17. The van der Waals surface area contributed by atoms with Crippen molar-refractivity contribution in [3.63, 3.8) is 0 Å². The molecule has 0 bridgehead atoms. The molecule has 94 valence electrons. The SMILES string of the molecule is O=C(O)c1cc(-c2cn[nH]c2-c2ccccc2)on1. The molecule has 0 aliphatic heterocycles. The lowest BCUT2D eigenvalue weighted by atomic mass is 10.1. The maximum atomic E-state index is 10.8. The smallest absolute Gasteiger partial charge is 0.358 e. The van der Waals surface area contributed by atoms with Gasteiger partial charge >= 0.3 is 5.97 Å². The number of nitrogens with one attached hydrogen (secondary N) is 1. The Morgan fingerprint density at radius 1 is 1.26 bits per heavy atom. The minimum atomic E-state index is -1.13. The number of aromatic amines is 1. The highest BCUT2D eigenvalue weighted by atomic mass is 16.5. The third-order valence-corrected chi connectivity index (χ3v) is 2.70. The molecule has 0 radical (unpaired) electrons. The Hall–Kier alpha value is -2.89. The Bertz CT molecular complexity index is 716. The summed E-state index contributed by atoms with van der Waals surface area (Å²) in [5.74, 6) is -0.759. The number of aromatic carboxylic acids is 1. The van der Waals surface area contributed by atoms with Crippen LogP contribution in [-0.4, -0.2) is 26.4 Å². The summed E-state index contributed by atoms with van der Waals surface area (Å²) in [4.78, 5) is 10.8. The molecular weight excluding hydrogens is 246 g/mol. The molecule has 19 heavy (non-hydrogen) atoms. The zero-order valence-corrected chi connectivity index (χ0v) is 9.70. The van der Waals surface area contributed by atoms with E-state index < -0.39 is 5.97 Å². The first-order valence-corrected chi connectivity index (χ1v) is 5.55. The molecule has 6 nitrogen and oxygen atoms in total. The van der Waals surface area contributed by atoms with Gasteiger partial charge in [0.15, 0.2) is 11.5 Å². The van der Waals surface area contributed by atoms with E-state index in [4.69, 9.17) is 9.63 Å². The lowest BCUT2D eigenvalue weighted by Gasteiger charge is -1.99. The van der Waals surface area contributed by atoms with E-state index in [1.54, 1.807) is 6.20 Å². The van der Waals surface area contributed by atoms with Crippen molar-refractivity contribution in [3.8, 4) is 22.6 Å². The van der Waals surface area contributed by atoms with E-state index >= 15 is 0 Å². The molecule has 0 saturated carbocycles. The fraction of sp³-hybridized carbons (Fsp3) is 0. The first-order chi connectivity index (χ1) is 9.25. The summed E-state index contributed by atoms with van der Waals surface area (Å²) in [5.41, 5.74) is 2.23. The number of carbonyl (C=O) groups is 1. The Morgan fingerprint density at radius 2 is 2.05 bits per heavy atom. The van der Waals surface area contributed by atoms with Gasteiger partial charge in [0.05, 0.1) is 17.5 Å². The second kappa shape index (κ2) is 4.41. The van der Waals surface area contributed by atoms with Crippen molar-refractivity contribution in [1.82, 2.24) is 15.4 Å². The zero-order valence-electron chi connectivity index (χ0n) is 9.70. The van der Waals surface area contributed by atoms with Crippen molar-refractivity contribution in [2.75, 3.05) is 0 Å². The maximum absolute atomic E-state index is 10.8. The number of hydrogen-bond donors (Lipinski definition) is 2. The van der Waals surface area contributed by atoms with E-state index in [0.717, 1.165) is 11.3 Å². The average molecular weight is 255 g/mol. The third kappa shape index (κ3) is 1.99. The quantitative estimate of drug-likeness (QED) is 0.749. The monoisotopic (exact) mass is 255 g/mol. The molecule has 0 aliphatic rings. The van der Waals surface area contributed by atoms with Gasteiger partial charge in [0.1, 0.15) is 0 Å². The van der Waals surface area contributed by atoms with Crippen LogP contribution in [0.15, 0.2) is 47.1 Å². The molecule has 0 aliphatic carbocycles. The second-order valence-corrected chi connectivity index (χ2v) is 3.91. The van der Waals surface area contributed by atoms with Crippen LogP contribution in [-0.2, 0) is 0 Å². The largest absolute Gasteiger partial charge is 0.476 e. The summed E-state index contributed by atoms with van der Waals surface area (Å²) in [6, 6.07) is 10.9. The topological polar surface area (TPSA) is 92.0 Å². The van der Waals surface area contributed by atoms with Gasteiger partial charge in [-0.05, 0) is 0 Å². The van der Waals surface area contributed by atoms with Crippen molar-refractivity contribution < 1.29 is 14.4 Å². The number of aromatic nitrogens is 3. The summed E-state index contributed by atoms with van der Waals surface area (Å²) in [5, 5.41) is 19.2. The molecular formula is C13H9N3O3. The number of carboxylic acids is 1. The lowest BCUT2D eigenvalue weighted by Crippen LogP contribution is -1.94. The van der Waals surface area contributed by atoms with E-state index in [0.29, 0.717) is 11.3 Å². The van der Waals surface area contributed by atoms with Gasteiger partial charge in [-0.25, -0.2) is 4.79 Å². The second-order valence-electron chi connectivity index (χ2n) is 3.91. The molecule has 6 heteroatoms. The molecule has 2 N–H and O–H groups in total. The van der Waals surface area contributed by atoms with Crippen LogP contribution in [0, 0.1) is 0 Å². The normalized spacial score (nSPS) is 10.5. The first kappa shape index (κ1) is 11.2. The average Bonchev–Trinajstić information content (AvgIpc) is 3.08. The van der Waals surface area contributed by atoms with Crippen LogP contribution in [0.1, 0.15) is 10.5 Å². The van der Waals surface area contributed by atoms with Gasteiger partial charge in [-0.2, -0.15) is 5.10 Å². The summed E-state index contributed by atoms with van der Waals surface area (Å²) in [6.07, 6.45) is 1.58. The number of hydrogen-bond acceptors (Lipinski definition) is 4. The number of nitrogens with zero attached hydrogens (tertiary/aromatic N) is 2. The number of H-pyrrole nitrogens is 1. The molecule has 0 spiro atoms. The molecule has 3 rings (SSSR count). The van der Waals surface area contributed by atoms with Crippen LogP contribution in [0.5, 0.6) is 0 Å². The Balaban J connectivity index is 2.07. The lowest BCUT2D eigenvalue weighted by molar-refractivity contribution is 0.0686. The molecule has 3 aromatic rings. The van der Waals surface area contributed by atoms with Crippen molar-refractivity contribution >= 4 is 5.97 Å². The van der Waals surface area contributed by atoms with Crippen LogP contribution < -0.4 is 0 Å². The Labute approximate surface area is 107 Å². The highest BCUT2D eigenvalue weighted by molar-refractivity contribution is 5.87. The molecule has 2 heterocycles. The molecule has 0 fully saturated rings. The van der Waals surface area contributed by atoms with Crippen LogP contribution in [0.25, 0.3) is 22.6 Å². The third-order valence-electron chi connectivity index (χ3n) is 2.70. The van der Waals surface area contributed by atoms with Gasteiger partial charge < -0.3 is 9.63 Å². The molecule has 0 saturated heterocycles. The Morgan fingerprint density at radius 3 is 2.74 bits per heavy atom. The molecule has 0 unspecified atom stereocenters. The number of carboxylic acid groups (broad SMARTS) is 1. The maximum Gasteiger partial charge on any atom is 0.358 e. The van der Waals surface area contributed by atoms with Gasteiger partial charge in [0.25, 0.3) is 0 Å². The van der Waals surface area contributed by atoms with E-state index in [2.05, 4.69) is 15.4 Å². The summed E-state index contributed by atoms with van der Waals surface area (Å²) >= 11 is 0. The van der Waals surface area contributed by atoms with E-state index in [1.165, 1.54) is 6.07 Å². The summed E-state index contributed by atoms with van der Waals surface area (Å²) in [7, 11) is 0. The van der Waals surface area contributed by atoms with Crippen molar-refractivity contribution in [2.24, 2.45) is 0 Å². The predicted molar refractivity (Wildman–Crippen MR) is 66.5 cm³/mol. The van der Waals surface area contributed by atoms with E-state index in [9.17, 15) is 4.79 Å². The van der Waals surface area contributed by atoms with E-state index in [1.807, 2.05) is 30.3 Å². The zero-order chi connectivity index (χ0) is 13.2. The minimum absolute atomic E-state index is 0.129. The first-order valence-electron chi connectivity index (χ1n) is 5.55. The van der Waals surface area contributed by atoms with Gasteiger partial charge in [-0.3, -0.25) is 5.10 Å². The van der Waals surface area contributed by atoms with Gasteiger partial charge in [0, 0.05) is 11.6 Å². The van der Waals surface area contributed by atoms with Crippen molar-refractivity contribution in [1.29, 1.82) is 0 Å². The number of rotatable bonds is 3. The summed E-state index contributed by atoms with van der Waals surface area (Å²) < 4.78 is 5.04. The van der Waals surface area contributed by atoms with Crippen molar-refractivity contribution in [2.45, 2.75) is 0 Å². The highest BCUT2D eigenvalue weighted by Crippen LogP contribution is 2.30. The molecule has 0 amide bonds. The van der Waals surface area contributed by atoms with Crippen molar-refractivity contribution in [3.05, 3.63) is 48.3 Å². The predicted octanol–water partition coefficient (Wildman–Crippen LogP) is 2.43. The van der Waals surface area contributed by atoms with Gasteiger partial charge in [0.2, 0.25) is 0 Å². The van der Waals surface area contributed by atoms with Crippen LogP contribution >= 0.6 is 0 Å².